The van der Waals surface area contributed by atoms with Crippen LogP contribution in [0.4, 0.5) is 17.6 Å². The fraction of sp³-hybridized carbons (Fsp3) is 0.214. The first-order valence-corrected chi connectivity index (χ1v) is 6.57. The molecule has 0 fully saturated rings. The number of halogens is 6. The standard InChI is InChI=1S/C14H9Cl2F4N/c1-6-3-8(11(17)4-10(6)15)13-12(16)7(2)9(5-21-13)14(18,19)20/h3-5H,1-2H3. The summed E-state index contributed by atoms with van der Waals surface area (Å²) in [6.07, 6.45) is -3.91. The van der Waals surface area contributed by atoms with E-state index >= 15 is 0 Å². The lowest BCUT2D eigenvalue weighted by Gasteiger charge is -2.14. The molecule has 0 bridgehead atoms. The Morgan fingerprint density at radius 1 is 1.10 bits per heavy atom. The number of benzene rings is 1. The number of alkyl halides is 3. The molecular weight excluding hydrogens is 329 g/mol. The maximum atomic E-state index is 14.0. The van der Waals surface area contributed by atoms with Crippen LogP contribution < -0.4 is 0 Å². The van der Waals surface area contributed by atoms with Crippen LogP contribution in [0.1, 0.15) is 16.7 Å². The molecule has 0 radical (unpaired) electrons. The van der Waals surface area contributed by atoms with Crippen molar-refractivity contribution < 1.29 is 17.6 Å². The number of pyridine rings is 1. The Morgan fingerprint density at radius 3 is 2.29 bits per heavy atom. The molecule has 0 atom stereocenters. The van der Waals surface area contributed by atoms with Gasteiger partial charge >= 0.3 is 6.18 Å². The summed E-state index contributed by atoms with van der Waals surface area (Å²) in [5.41, 5.74) is -0.592. The fourth-order valence-electron chi connectivity index (χ4n) is 1.89. The average Bonchev–Trinajstić information content (AvgIpc) is 2.36. The topological polar surface area (TPSA) is 12.9 Å². The molecule has 0 saturated carbocycles. The molecular formula is C14H9Cl2F4N. The Balaban J connectivity index is 2.67. The van der Waals surface area contributed by atoms with Crippen LogP contribution in [0.25, 0.3) is 11.3 Å². The quantitative estimate of drug-likeness (QED) is 0.596. The van der Waals surface area contributed by atoms with Crippen LogP contribution in [0.15, 0.2) is 18.3 Å². The molecule has 7 heteroatoms. The number of hydrogen-bond acceptors (Lipinski definition) is 1. The lowest BCUT2D eigenvalue weighted by Crippen LogP contribution is -2.09. The van der Waals surface area contributed by atoms with Crippen LogP contribution in [0.5, 0.6) is 0 Å². The summed E-state index contributed by atoms with van der Waals surface area (Å²) in [7, 11) is 0. The summed E-state index contributed by atoms with van der Waals surface area (Å²) in [5.74, 6) is -0.695. The fourth-order valence-corrected chi connectivity index (χ4v) is 2.29. The molecule has 0 spiro atoms. The van der Waals surface area contributed by atoms with E-state index in [4.69, 9.17) is 23.2 Å². The zero-order valence-electron chi connectivity index (χ0n) is 10.9. The minimum absolute atomic E-state index is 0.0127. The van der Waals surface area contributed by atoms with Crippen LogP contribution in [0, 0.1) is 19.7 Å². The summed E-state index contributed by atoms with van der Waals surface area (Å²) < 4.78 is 52.3. The minimum atomic E-state index is -4.56. The summed E-state index contributed by atoms with van der Waals surface area (Å²) >= 11 is 11.7. The van der Waals surface area contributed by atoms with E-state index in [1.54, 1.807) is 6.92 Å². The smallest absolute Gasteiger partial charge is 0.254 e. The summed E-state index contributed by atoms with van der Waals surface area (Å²) in [5, 5.41) is -0.0125. The maximum Gasteiger partial charge on any atom is 0.418 e. The Kier molecular flexibility index (Phi) is 4.17. The van der Waals surface area contributed by atoms with Gasteiger partial charge in [0.05, 0.1) is 16.3 Å². The third kappa shape index (κ3) is 2.99. The zero-order valence-corrected chi connectivity index (χ0v) is 12.5. The van der Waals surface area contributed by atoms with Crippen molar-refractivity contribution in [2.24, 2.45) is 0 Å². The SMILES string of the molecule is Cc1cc(-c2ncc(C(F)(F)F)c(C)c2Cl)c(F)cc1Cl. The van der Waals surface area contributed by atoms with Crippen molar-refractivity contribution in [3.63, 3.8) is 0 Å². The molecule has 2 aromatic rings. The lowest BCUT2D eigenvalue weighted by molar-refractivity contribution is -0.138. The molecule has 0 aliphatic rings. The van der Waals surface area contributed by atoms with Crippen molar-refractivity contribution in [1.82, 2.24) is 4.98 Å². The van der Waals surface area contributed by atoms with Gasteiger partial charge in [0.2, 0.25) is 0 Å². The van der Waals surface area contributed by atoms with Gasteiger partial charge in [-0.05, 0) is 37.1 Å². The number of aromatic nitrogens is 1. The number of rotatable bonds is 1. The van der Waals surface area contributed by atoms with Crippen LogP contribution in [-0.2, 0) is 6.18 Å². The van der Waals surface area contributed by atoms with Crippen molar-refractivity contribution in [3.8, 4) is 11.3 Å². The maximum absolute atomic E-state index is 14.0. The van der Waals surface area contributed by atoms with Crippen LogP contribution in [0.2, 0.25) is 10.0 Å². The molecule has 112 valence electrons. The van der Waals surface area contributed by atoms with Gasteiger partial charge in [-0.1, -0.05) is 23.2 Å². The first kappa shape index (κ1) is 16.0. The third-order valence-electron chi connectivity index (χ3n) is 3.07. The number of aryl methyl sites for hydroxylation is 1. The van der Waals surface area contributed by atoms with E-state index in [0.717, 1.165) is 6.07 Å². The molecule has 21 heavy (non-hydrogen) atoms. The average molecular weight is 338 g/mol. The molecule has 0 unspecified atom stereocenters. The van der Waals surface area contributed by atoms with Gasteiger partial charge in [0.25, 0.3) is 0 Å². The summed E-state index contributed by atoms with van der Waals surface area (Å²) in [6.45, 7) is 2.87. The van der Waals surface area contributed by atoms with Crippen LogP contribution >= 0.6 is 23.2 Å². The molecule has 0 N–H and O–H groups in total. The highest BCUT2D eigenvalue weighted by Gasteiger charge is 2.34. The van der Waals surface area contributed by atoms with E-state index in [2.05, 4.69) is 4.98 Å². The lowest BCUT2D eigenvalue weighted by atomic mass is 10.0. The van der Waals surface area contributed by atoms with Crippen molar-refractivity contribution in [3.05, 3.63) is 50.9 Å². The molecule has 0 saturated heterocycles. The third-order valence-corrected chi connectivity index (χ3v) is 3.94. The number of hydrogen-bond donors (Lipinski definition) is 0. The Labute approximate surface area is 128 Å². The zero-order chi connectivity index (χ0) is 15.9. The molecule has 0 aliphatic heterocycles. The van der Waals surface area contributed by atoms with Gasteiger partial charge in [-0.2, -0.15) is 13.2 Å². The largest absolute Gasteiger partial charge is 0.418 e. The highest BCUT2D eigenvalue weighted by molar-refractivity contribution is 6.34. The van der Waals surface area contributed by atoms with E-state index in [0.29, 0.717) is 11.8 Å². The van der Waals surface area contributed by atoms with Gasteiger partial charge in [-0.15, -0.1) is 0 Å². The monoisotopic (exact) mass is 337 g/mol. The van der Waals surface area contributed by atoms with E-state index in [9.17, 15) is 17.6 Å². The molecule has 0 aliphatic carbocycles. The highest BCUT2D eigenvalue weighted by Crippen LogP contribution is 2.39. The first-order chi connectivity index (χ1) is 9.62. The van der Waals surface area contributed by atoms with Gasteiger partial charge in [0.1, 0.15) is 5.82 Å². The predicted octanol–water partition coefficient (Wildman–Crippen LogP) is 5.83. The molecule has 1 aromatic heterocycles. The Morgan fingerprint density at radius 2 is 1.71 bits per heavy atom. The van der Waals surface area contributed by atoms with Crippen LogP contribution in [-0.4, -0.2) is 4.98 Å². The normalized spacial score (nSPS) is 11.8. The Bertz CT molecular complexity index is 711. The van der Waals surface area contributed by atoms with Crippen molar-refractivity contribution in [1.29, 1.82) is 0 Å². The molecule has 0 amide bonds. The highest BCUT2D eigenvalue weighted by atomic mass is 35.5. The molecule has 1 nitrogen and oxygen atoms in total. The van der Waals surface area contributed by atoms with E-state index in [1.165, 1.54) is 13.0 Å². The van der Waals surface area contributed by atoms with Crippen LogP contribution in [0.3, 0.4) is 0 Å². The predicted molar refractivity (Wildman–Crippen MR) is 74.1 cm³/mol. The van der Waals surface area contributed by atoms with Crippen molar-refractivity contribution in [2.45, 2.75) is 20.0 Å². The van der Waals surface area contributed by atoms with Gasteiger partial charge in [0, 0.05) is 16.8 Å². The van der Waals surface area contributed by atoms with Gasteiger partial charge in [-0.3, -0.25) is 4.98 Å². The minimum Gasteiger partial charge on any atom is -0.254 e. The molecule has 1 heterocycles. The second-order valence-electron chi connectivity index (χ2n) is 4.54. The molecule has 1 aromatic carbocycles. The number of nitrogens with zero attached hydrogens (tertiary/aromatic N) is 1. The van der Waals surface area contributed by atoms with Gasteiger partial charge < -0.3 is 0 Å². The van der Waals surface area contributed by atoms with Crippen molar-refractivity contribution in [2.75, 3.05) is 0 Å². The van der Waals surface area contributed by atoms with E-state index in [-0.39, 0.29) is 26.9 Å². The first-order valence-electron chi connectivity index (χ1n) is 5.81. The second kappa shape index (κ2) is 5.46. The Hall–Kier alpha value is -1.33. The molecule has 2 rings (SSSR count). The summed E-state index contributed by atoms with van der Waals surface area (Å²) in [6, 6.07) is 2.48. The van der Waals surface area contributed by atoms with Gasteiger partial charge in [-0.25, -0.2) is 4.39 Å². The van der Waals surface area contributed by atoms with E-state index in [1.807, 2.05) is 0 Å². The van der Waals surface area contributed by atoms with E-state index < -0.39 is 17.6 Å². The van der Waals surface area contributed by atoms with Gasteiger partial charge in [0.15, 0.2) is 0 Å². The summed E-state index contributed by atoms with van der Waals surface area (Å²) in [4.78, 5) is 3.67. The second-order valence-corrected chi connectivity index (χ2v) is 5.32. The van der Waals surface area contributed by atoms with Crippen molar-refractivity contribution >= 4 is 23.2 Å².